The molecule has 0 radical (unpaired) electrons. The van der Waals surface area contributed by atoms with Crippen molar-refractivity contribution in [2.24, 2.45) is 5.10 Å². The minimum atomic E-state index is 0.164. The monoisotopic (exact) mass is 228 g/mol. The lowest BCUT2D eigenvalue weighted by molar-refractivity contribution is 0.697. The molecule has 1 aromatic carbocycles. The fourth-order valence-corrected chi connectivity index (χ4v) is 1.22. The van der Waals surface area contributed by atoms with Crippen LogP contribution in [0.1, 0.15) is 12.5 Å². The average molecular weight is 228 g/mol. The average Bonchev–Trinajstić information content (AvgIpc) is 2.74. The molecule has 0 saturated heterocycles. The number of hydrogen-bond donors (Lipinski definition) is 1. The molecule has 2 N–H and O–H groups in total. The van der Waals surface area contributed by atoms with Crippen molar-refractivity contribution >= 4 is 17.7 Å². The van der Waals surface area contributed by atoms with Gasteiger partial charge < -0.3 is 5.73 Å². The summed E-state index contributed by atoms with van der Waals surface area (Å²) in [6.45, 7) is 1.85. The number of tetrazole rings is 1. The molecule has 1 aromatic heterocycles. The number of nitrogens with zero attached hydrogens (tertiary/aromatic N) is 5. The highest BCUT2D eigenvalue weighted by Crippen LogP contribution is 2.01. The first-order chi connectivity index (χ1) is 8.25. The lowest BCUT2D eigenvalue weighted by Crippen LogP contribution is -2.01. The van der Waals surface area contributed by atoms with Crippen molar-refractivity contribution in [3.8, 4) is 0 Å². The second kappa shape index (κ2) is 5.02. The van der Waals surface area contributed by atoms with E-state index in [9.17, 15) is 0 Å². The summed E-state index contributed by atoms with van der Waals surface area (Å²) in [5, 5.41) is 14.7. The van der Waals surface area contributed by atoms with Crippen LogP contribution in [0.15, 0.2) is 41.5 Å². The highest BCUT2D eigenvalue weighted by molar-refractivity contribution is 5.96. The number of hydrogen-bond acceptors (Lipinski definition) is 5. The Kier molecular flexibility index (Phi) is 3.25. The molecule has 0 atom stereocenters. The fraction of sp³-hybridized carbons (Fsp3) is 0.0909. The third kappa shape index (κ3) is 2.97. The van der Waals surface area contributed by atoms with Crippen LogP contribution in [-0.2, 0) is 0 Å². The van der Waals surface area contributed by atoms with Crippen LogP contribution in [0, 0.1) is 0 Å². The topological polar surface area (TPSA) is 82.0 Å². The zero-order valence-corrected chi connectivity index (χ0v) is 9.35. The quantitative estimate of drug-likeness (QED) is 0.800. The predicted octanol–water partition coefficient (Wildman–Crippen LogP) is 1.19. The molecule has 17 heavy (non-hydrogen) atoms. The number of rotatable bonds is 3. The molecule has 0 aliphatic heterocycles. The van der Waals surface area contributed by atoms with E-state index < -0.39 is 0 Å². The third-order valence-electron chi connectivity index (χ3n) is 2.05. The van der Waals surface area contributed by atoms with Gasteiger partial charge in [-0.05, 0) is 29.0 Å². The molecule has 0 spiro atoms. The summed E-state index contributed by atoms with van der Waals surface area (Å²) in [4.78, 5) is 1.19. The number of nitrogen functional groups attached to an aromatic ring is 1. The van der Waals surface area contributed by atoms with E-state index in [0.717, 1.165) is 11.3 Å². The summed E-state index contributed by atoms with van der Waals surface area (Å²) in [6.07, 6.45) is 3.83. The van der Waals surface area contributed by atoms with E-state index in [1.165, 1.54) is 4.79 Å². The van der Waals surface area contributed by atoms with E-state index in [0.29, 0.717) is 0 Å². The van der Waals surface area contributed by atoms with Crippen molar-refractivity contribution in [2.45, 2.75) is 6.92 Å². The maximum Gasteiger partial charge on any atom is 0.263 e. The van der Waals surface area contributed by atoms with Gasteiger partial charge in [0.25, 0.3) is 5.95 Å². The molecule has 0 fully saturated rings. The van der Waals surface area contributed by atoms with Crippen LogP contribution in [-0.4, -0.2) is 26.0 Å². The van der Waals surface area contributed by atoms with Gasteiger partial charge in [0.2, 0.25) is 0 Å². The smallest absolute Gasteiger partial charge is 0.263 e. The van der Waals surface area contributed by atoms with Crippen LogP contribution in [0.25, 0.3) is 6.08 Å². The highest BCUT2D eigenvalue weighted by atomic mass is 15.7. The van der Waals surface area contributed by atoms with Crippen molar-refractivity contribution in [1.29, 1.82) is 0 Å². The van der Waals surface area contributed by atoms with Crippen molar-refractivity contribution < 1.29 is 0 Å². The zero-order chi connectivity index (χ0) is 12.1. The van der Waals surface area contributed by atoms with Gasteiger partial charge in [-0.15, -0.1) is 0 Å². The molecule has 0 bridgehead atoms. The van der Waals surface area contributed by atoms with E-state index >= 15 is 0 Å². The Hall–Kier alpha value is -2.50. The van der Waals surface area contributed by atoms with E-state index in [-0.39, 0.29) is 5.95 Å². The molecular weight excluding hydrogens is 216 g/mol. The summed E-state index contributed by atoms with van der Waals surface area (Å²) in [6, 6.07) is 9.95. The summed E-state index contributed by atoms with van der Waals surface area (Å²) in [7, 11) is 0. The van der Waals surface area contributed by atoms with Crippen molar-refractivity contribution in [3.05, 3.63) is 42.0 Å². The fourth-order valence-electron chi connectivity index (χ4n) is 1.22. The van der Waals surface area contributed by atoms with Gasteiger partial charge in [0.1, 0.15) is 0 Å². The summed E-state index contributed by atoms with van der Waals surface area (Å²) >= 11 is 0. The second-order valence-corrected chi connectivity index (χ2v) is 3.41. The predicted molar refractivity (Wildman–Crippen MR) is 66.2 cm³/mol. The first-order valence-electron chi connectivity index (χ1n) is 5.08. The first kappa shape index (κ1) is 11.0. The van der Waals surface area contributed by atoms with E-state index in [2.05, 4.69) is 20.6 Å². The Morgan fingerprint density at radius 3 is 2.76 bits per heavy atom. The van der Waals surface area contributed by atoms with Gasteiger partial charge >= 0.3 is 0 Å². The van der Waals surface area contributed by atoms with Gasteiger partial charge in [-0.2, -0.15) is 5.10 Å². The number of benzene rings is 1. The summed E-state index contributed by atoms with van der Waals surface area (Å²) < 4.78 is 0. The molecule has 6 heteroatoms. The molecule has 0 unspecified atom stereocenters. The van der Waals surface area contributed by atoms with Gasteiger partial charge in [-0.3, -0.25) is 0 Å². The lowest BCUT2D eigenvalue weighted by Gasteiger charge is -1.94. The normalized spacial score (nSPS) is 12.2. The van der Waals surface area contributed by atoms with E-state index in [1.54, 1.807) is 0 Å². The van der Waals surface area contributed by atoms with Crippen molar-refractivity contribution in [2.75, 3.05) is 5.73 Å². The number of aromatic nitrogens is 4. The summed E-state index contributed by atoms with van der Waals surface area (Å²) in [5.41, 5.74) is 7.35. The second-order valence-electron chi connectivity index (χ2n) is 3.41. The Labute approximate surface area is 98.4 Å². The van der Waals surface area contributed by atoms with E-state index in [1.807, 2.05) is 49.4 Å². The molecule has 2 rings (SSSR count). The van der Waals surface area contributed by atoms with Gasteiger partial charge in [0, 0.05) is 0 Å². The largest absolute Gasteiger partial charge is 0.365 e. The Bertz CT molecular complexity index is 540. The minimum absolute atomic E-state index is 0.164. The van der Waals surface area contributed by atoms with Crippen LogP contribution in [0.5, 0.6) is 0 Å². The van der Waals surface area contributed by atoms with Crippen LogP contribution in [0.3, 0.4) is 0 Å². The Morgan fingerprint density at radius 1 is 1.35 bits per heavy atom. The van der Waals surface area contributed by atoms with Crippen LogP contribution >= 0.6 is 0 Å². The molecule has 2 aromatic rings. The molecule has 0 saturated carbocycles. The van der Waals surface area contributed by atoms with Crippen molar-refractivity contribution in [3.63, 3.8) is 0 Å². The molecule has 1 heterocycles. The van der Waals surface area contributed by atoms with Crippen LogP contribution in [0.2, 0.25) is 0 Å². The highest BCUT2D eigenvalue weighted by Gasteiger charge is 1.97. The molecule has 0 aliphatic rings. The molecule has 6 nitrogen and oxygen atoms in total. The van der Waals surface area contributed by atoms with Crippen molar-refractivity contribution in [1.82, 2.24) is 20.3 Å². The van der Waals surface area contributed by atoms with Gasteiger partial charge in [0.15, 0.2) is 0 Å². The lowest BCUT2D eigenvalue weighted by atomic mass is 10.2. The number of anilines is 1. The van der Waals surface area contributed by atoms with Crippen LogP contribution < -0.4 is 5.73 Å². The SMILES string of the molecule is CC(/C=C/c1ccccc1)=N\n1nnnc1N. The van der Waals surface area contributed by atoms with E-state index in [4.69, 9.17) is 5.73 Å². The Morgan fingerprint density at radius 2 is 2.12 bits per heavy atom. The van der Waals surface area contributed by atoms with Gasteiger partial charge in [-0.1, -0.05) is 46.3 Å². The standard InChI is InChI=1S/C11H12N6/c1-9(14-17-11(12)13-15-16-17)7-8-10-5-3-2-4-6-10/h2-8H,1H3,(H2,12,13,16)/b8-7+,14-9+. The van der Waals surface area contributed by atoms with Crippen LogP contribution in [0.4, 0.5) is 5.95 Å². The molecular formula is C11H12N6. The number of nitrogens with two attached hydrogens (primary N) is 1. The summed E-state index contributed by atoms with van der Waals surface area (Å²) in [5.74, 6) is 0.164. The molecule has 86 valence electrons. The maximum absolute atomic E-state index is 5.49. The third-order valence-corrected chi connectivity index (χ3v) is 2.05. The minimum Gasteiger partial charge on any atom is -0.365 e. The van der Waals surface area contributed by atoms with Gasteiger partial charge in [-0.25, -0.2) is 0 Å². The molecule has 0 amide bonds. The number of allylic oxidation sites excluding steroid dienone is 1. The van der Waals surface area contributed by atoms with Gasteiger partial charge in [0.05, 0.1) is 5.71 Å². The maximum atomic E-state index is 5.49. The Balaban J connectivity index is 2.12. The first-order valence-corrected chi connectivity index (χ1v) is 5.08. The zero-order valence-electron chi connectivity index (χ0n) is 9.35. The molecule has 0 aliphatic carbocycles.